The molecule has 1 aliphatic heterocycles. The fraction of sp³-hybridized carbons (Fsp3) is 0.444. The zero-order chi connectivity index (χ0) is 9.26. The summed E-state index contributed by atoms with van der Waals surface area (Å²) in [6.45, 7) is 0. The molecule has 3 N–H and O–H groups in total. The van der Waals surface area contributed by atoms with Gasteiger partial charge >= 0.3 is 0 Å². The van der Waals surface area contributed by atoms with Crippen LogP contribution < -0.4 is 11.1 Å². The number of nitrogens with one attached hydrogen (secondary N) is 1. The second-order valence-electron chi connectivity index (χ2n) is 3.19. The van der Waals surface area contributed by atoms with Crippen molar-refractivity contribution in [1.82, 2.24) is 5.32 Å². The van der Waals surface area contributed by atoms with Crippen LogP contribution in [0.3, 0.4) is 0 Å². The van der Waals surface area contributed by atoms with Crippen molar-refractivity contribution in [2.75, 3.05) is 5.88 Å². The molecule has 0 spiro atoms. The average molecular weight is 196 g/mol. The summed E-state index contributed by atoms with van der Waals surface area (Å²) in [5.74, 6) is 0.617. The maximum absolute atomic E-state index is 11.1. The molecular weight excluding hydrogens is 184 g/mol. The number of fused-ring (bicyclic) bond motifs is 1. The lowest BCUT2D eigenvalue weighted by Gasteiger charge is -2.16. The summed E-state index contributed by atoms with van der Waals surface area (Å²) in [4.78, 5) is 11.1. The molecule has 1 heterocycles. The van der Waals surface area contributed by atoms with Crippen molar-refractivity contribution in [1.29, 1.82) is 0 Å². The van der Waals surface area contributed by atoms with Gasteiger partial charge in [-0.15, -0.1) is 11.8 Å². The molecule has 3 nitrogen and oxygen atoms in total. The number of nitrogens with two attached hydrogens (primary N) is 1. The third-order valence-corrected chi connectivity index (χ3v) is 3.64. The van der Waals surface area contributed by atoms with E-state index in [1.54, 1.807) is 11.8 Å². The Balaban J connectivity index is 2.27. The topological polar surface area (TPSA) is 55.1 Å². The number of thioether (sulfide) groups is 1. The predicted molar refractivity (Wildman–Crippen MR) is 54.2 cm³/mol. The lowest BCUT2D eigenvalue weighted by atomic mass is 10.0. The van der Waals surface area contributed by atoms with Crippen LogP contribution in [0.1, 0.15) is 6.42 Å². The molecule has 2 unspecified atom stereocenters. The van der Waals surface area contributed by atoms with E-state index in [2.05, 4.69) is 11.4 Å². The standard InChI is InChI=1S/C9H12N2OS/c10-9(12)6-3-1-2-4-7-8(6)13-5-11-7/h1-3,7-8,11H,4-5H2,(H2,10,12). The average Bonchev–Trinajstić information content (AvgIpc) is 2.44. The molecule has 1 fully saturated rings. The molecule has 0 saturated carbocycles. The first-order valence-electron chi connectivity index (χ1n) is 4.30. The minimum atomic E-state index is -0.294. The van der Waals surface area contributed by atoms with Crippen molar-refractivity contribution in [3.63, 3.8) is 0 Å². The summed E-state index contributed by atoms with van der Waals surface area (Å²) < 4.78 is 0. The van der Waals surface area contributed by atoms with Gasteiger partial charge in [-0.25, -0.2) is 0 Å². The van der Waals surface area contributed by atoms with Crippen LogP contribution in [0.2, 0.25) is 0 Å². The zero-order valence-electron chi connectivity index (χ0n) is 7.19. The van der Waals surface area contributed by atoms with Gasteiger partial charge < -0.3 is 11.1 Å². The highest BCUT2D eigenvalue weighted by Gasteiger charge is 2.32. The number of hydrogen-bond acceptors (Lipinski definition) is 3. The van der Waals surface area contributed by atoms with Crippen LogP contribution in [-0.2, 0) is 4.79 Å². The highest BCUT2D eigenvalue weighted by molar-refractivity contribution is 8.00. The Kier molecular flexibility index (Phi) is 2.42. The molecule has 2 aliphatic rings. The fourth-order valence-electron chi connectivity index (χ4n) is 1.70. The van der Waals surface area contributed by atoms with Crippen molar-refractivity contribution < 1.29 is 4.79 Å². The summed E-state index contributed by atoms with van der Waals surface area (Å²) >= 11 is 1.76. The molecule has 4 heteroatoms. The lowest BCUT2D eigenvalue weighted by Crippen LogP contribution is -2.33. The van der Waals surface area contributed by atoms with Gasteiger partial charge in [-0.05, 0) is 6.42 Å². The Hall–Kier alpha value is -0.740. The molecule has 0 radical (unpaired) electrons. The van der Waals surface area contributed by atoms with Crippen LogP contribution in [0, 0.1) is 0 Å². The molecule has 2 rings (SSSR count). The molecule has 0 aromatic rings. The quantitative estimate of drug-likeness (QED) is 0.638. The number of carbonyl (C=O) groups excluding carboxylic acids is 1. The van der Waals surface area contributed by atoms with E-state index in [4.69, 9.17) is 5.73 Å². The van der Waals surface area contributed by atoms with Gasteiger partial charge in [0.25, 0.3) is 0 Å². The van der Waals surface area contributed by atoms with Gasteiger partial charge in [-0.1, -0.05) is 18.2 Å². The summed E-state index contributed by atoms with van der Waals surface area (Å²) in [6, 6.07) is 0.377. The second kappa shape index (κ2) is 3.55. The number of amides is 1. The van der Waals surface area contributed by atoms with Crippen LogP contribution in [0.15, 0.2) is 23.8 Å². The van der Waals surface area contributed by atoms with E-state index in [0.717, 1.165) is 17.9 Å². The van der Waals surface area contributed by atoms with Crippen LogP contribution in [-0.4, -0.2) is 23.1 Å². The third-order valence-electron chi connectivity index (χ3n) is 2.37. The number of rotatable bonds is 1. The SMILES string of the molecule is NC(=O)C1=CC=CCC2NCSC12. The Morgan fingerprint density at radius 1 is 1.69 bits per heavy atom. The van der Waals surface area contributed by atoms with Crippen LogP contribution >= 0.6 is 11.8 Å². The van der Waals surface area contributed by atoms with E-state index >= 15 is 0 Å². The molecule has 0 aromatic carbocycles. The second-order valence-corrected chi connectivity index (χ2v) is 4.32. The molecule has 2 atom stereocenters. The van der Waals surface area contributed by atoms with Gasteiger partial charge in [0.2, 0.25) is 5.91 Å². The predicted octanol–water partition coefficient (Wildman–Crippen LogP) is 0.389. The van der Waals surface area contributed by atoms with E-state index in [0.29, 0.717) is 6.04 Å². The van der Waals surface area contributed by atoms with E-state index in [1.807, 2.05) is 12.2 Å². The van der Waals surface area contributed by atoms with Crippen molar-refractivity contribution in [2.24, 2.45) is 5.73 Å². The van der Waals surface area contributed by atoms with Gasteiger partial charge in [-0.3, -0.25) is 4.79 Å². The van der Waals surface area contributed by atoms with Crippen molar-refractivity contribution in [2.45, 2.75) is 17.7 Å². The van der Waals surface area contributed by atoms with Crippen molar-refractivity contribution >= 4 is 17.7 Å². The molecule has 13 heavy (non-hydrogen) atoms. The summed E-state index contributed by atoms with van der Waals surface area (Å²) in [7, 11) is 0. The maximum Gasteiger partial charge on any atom is 0.245 e. The Morgan fingerprint density at radius 2 is 2.54 bits per heavy atom. The van der Waals surface area contributed by atoms with Gasteiger partial charge in [0.05, 0.1) is 5.25 Å². The Morgan fingerprint density at radius 3 is 3.31 bits per heavy atom. The first-order chi connectivity index (χ1) is 6.29. The number of hydrogen-bond donors (Lipinski definition) is 2. The number of carbonyl (C=O) groups is 1. The zero-order valence-corrected chi connectivity index (χ0v) is 8.01. The van der Waals surface area contributed by atoms with Gasteiger partial charge in [-0.2, -0.15) is 0 Å². The summed E-state index contributed by atoms with van der Waals surface area (Å²) in [5.41, 5.74) is 6.05. The van der Waals surface area contributed by atoms with E-state index in [-0.39, 0.29) is 11.2 Å². The molecule has 1 saturated heterocycles. The lowest BCUT2D eigenvalue weighted by molar-refractivity contribution is -0.114. The minimum Gasteiger partial charge on any atom is -0.366 e. The van der Waals surface area contributed by atoms with Gasteiger partial charge in [0, 0.05) is 17.5 Å². The highest BCUT2D eigenvalue weighted by atomic mass is 32.2. The summed E-state index contributed by atoms with van der Waals surface area (Å²) in [5, 5.41) is 3.59. The number of allylic oxidation sites excluding steroid dienone is 2. The molecule has 1 aliphatic carbocycles. The van der Waals surface area contributed by atoms with Crippen molar-refractivity contribution in [3.8, 4) is 0 Å². The Labute approximate surface area is 81.4 Å². The van der Waals surface area contributed by atoms with E-state index in [9.17, 15) is 4.79 Å². The van der Waals surface area contributed by atoms with E-state index < -0.39 is 0 Å². The van der Waals surface area contributed by atoms with Crippen LogP contribution in [0.25, 0.3) is 0 Å². The monoisotopic (exact) mass is 196 g/mol. The Bertz CT molecular complexity index is 285. The van der Waals surface area contributed by atoms with Gasteiger partial charge in [0.1, 0.15) is 0 Å². The largest absolute Gasteiger partial charge is 0.366 e. The first-order valence-corrected chi connectivity index (χ1v) is 5.35. The molecule has 0 bridgehead atoms. The smallest absolute Gasteiger partial charge is 0.245 e. The normalized spacial score (nSPS) is 32.2. The third kappa shape index (κ3) is 1.64. The van der Waals surface area contributed by atoms with Gasteiger partial charge in [0.15, 0.2) is 0 Å². The van der Waals surface area contributed by atoms with Crippen LogP contribution in [0.4, 0.5) is 0 Å². The fourth-order valence-corrected chi connectivity index (χ4v) is 3.00. The van der Waals surface area contributed by atoms with Crippen molar-refractivity contribution in [3.05, 3.63) is 23.8 Å². The maximum atomic E-state index is 11.1. The van der Waals surface area contributed by atoms with Crippen LogP contribution in [0.5, 0.6) is 0 Å². The molecule has 1 amide bonds. The first kappa shape index (κ1) is 8.84. The summed E-state index contributed by atoms with van der Waals surface area (Å²) in [6.07, 6.45) is 6.81. The highest BCUT2D eigenvalue weighted by Crippen LogP contribution is 2.30. The molecular formula is C9H12N2OS. The molecule has 70 valence electrons. The molecule has 0 aromatic heterocycles. The van der Waals surface area contributed by atoms with E-state index in [1.165, 1.54) is 0 Å². The number of primary amides is 1. The minimum absolute atomic E-state index is 0.243.